The fraction of sp³-hybridized carbons (Fsp3) is 0.462. The molecule has 0 fully saturated rings. The summed E-state index contributed by atoms with van der Waals surface area (Å²) >= 11 is 3.14. The Bertz CT molecular complexity index is 503. The van der Waals surface area contributed by atoms with Gasteiger partial charge in [-0.2, -0.15) is 0 Å². The number of hydrogen-bond donors (Lipinski definition) is 2. The van der Waals surface area contributed by atoms with Gasteiger partial charge in [0.1, 0.15) is 0 Å². The molecule has 18 heavy (non-hydrogen) atoms. The molecule has 0 aliphatic rings. The van der Waals surface area contributed by atoms with Crippen LogP contribution in [0.3, 0.4) is 0 Å². The van der Waals surface area contributed by atoms with Gasteiger partial charge in [-0.05, 0) is 30.4 Å². The van der Waals surface area contributed by atoms with Crippen molar-refractivity contribution in [1.82, 2.24) is 5.32 Å². The predicted octanol–water partition coefficient (Wildman–Crippen LogP) is 3.24. The van der Waals surface area contributed by atoms with Gasteiger partial charge in [0, 0.05) is 9.40 Å². The number of aliphatic hydroxyl groups is 1. The van der Waals surface area contributed by atoms with Crippen LogP contribution in [0.4, 0.5) is 0 Å². The summed E-state index contributed by atoms with van der Waals surface area (Å²) in [6.45, 7) is 3.94. The number of hydrogen-bond acceptors (Lipinski definition) is 4. The summed E-state index contributed by atoms with van der Waals surface area (Å²) in [7, 11) is 0. The summed E-state index contributed by atoms with van der Waals surface area (Å²) in [4.78, 5) is 12.9. The van der Waals surface area contributed by atoms with Crippen molar-refractivity contribution in [3.63, 3.8) is 0 Å². The minimum absolute atomic E-state index is 0.0223. The van der Waals surface area contributed by atoms with Gasteiger partial charge in [-0.25, -0.2) is 0 Å². The van der Waals surface area contributed by atoms with Gasteiger partial charge < -0.3 is 10.4 Å². The molecule has 0 spiro atoms. The molecule has 2 heterocycles. The molecule has 2 aromatic rings. The Hall–Kier alpha value is -0.910. The number of aliphatic hydroxyl groups excluding tert-OH is 1. The molecular formula is C13H17NO2S2. The molecular weight excluding hydrogens is 266 g/mol. The highest BCUT2D eigenvalue weighted by molar-refractivity contribution is 7.27. The molecule has 0 saturated heterocycles. The van der Waals surface area contributed by atoms with Gasteiger partial charge in [-0.1, -0.05) is 13.8 Å². The average molecular weight is 283 g/mol. The Labute approximate surface area is 114 Å². The van der Waals surface area contributed by atoms with Crippen LogP contribution in [0.5, 0.6) is 0 Å². The highest BCUT2D eigenvalue weighted by atomic mass is 32.1. The van der Waals surface area contributed by atoms with E-state index in [2.05, 4.69) is 5.32 Å². The summed E-state index contributed by atoms with van der Waals surface area (Å²) < 4.78 is 2.29. The standard InChI is InChI=1S/C13H17NO2S2/c1-3-13(4-2,8-15)14-12(16)11-7-10-9(18-11)5-6-17-10/h5-7,15H,3-4,8H2,1-2H3,(H,14,16). The van der Waals surface area contributed by atoms with E-state index in [4.69, 9.17) is 0 Å². The monoisotopic (exact) mass is 283 g/mol. The van der Waals surface area contributed by atoms with Gasteiger partial charge in [0.25, 0.3) is 5.91 Å². The summed E-state index contributed by atoms with van der Waals surface area (Å²) in [5, 5.41) is 14.5. The van der Waals surface area contributed by atoms with Gasteiger partial charge in [0.2, 0.25) is 0 Å². The van der Waals surface area contributed by atoms with Crippen molar-refractivity contribution in [1.29, 1.82) is 0 Å². The molecule has 0 saturated carbocycles. The molecule has 0 unspecified atom stereocenters. The number of amides is 1. The predicted molar refractivity (Wildman–Crippen MR) is 77.6 cm³/mol. The molecule has 5 heteroatoms. The van der Waals surface area contributed by atoms with Crippen molar-refractivity contribution in [2.24, 2.45) is 0 Å². The Kier molecular flexibility index (Phi) is 4.04. The van der Waals surface area contributed by atoms with E-state index in [0.29, 0.717) is 0 Å². The van der Waals surface area contributed by atoms with Gasteiger partial charge in [0.15, 0.2) is 0 Å². The molecule has 0 bridgehead atoms. The molecule has 2 rings (SSSR count). The van der Waals surface area contributed by atoms with Crippen LogP contribution < -0.4 is 5.32 Å². The van der Waals surface area contributed by atoms with E-state index in [1.807, 2.05) is 31.4 Å². The maximum Gasteiger partial charge on any atom is 0.261 e. The van der Waals surface area contributed by atoms with Crippen LogP contribution in [0.1, 0.15) is 36.4 Å². The van der Waals surface area contributed by atoms with E-state index in [1.165, 1.54) is 11.3 Å². The van der Waals surface area contributed by atoms with Gasteiger partial charge in [-0.15, -0.1) is 22.7 Å². The second-order valence-electron chi connectivity index (χ2n) is 4.36. The van der Waals surface area contributed by atoms with Crippen LogP contribution in [-0.2, 0) is 0 Å². The second-order valence-corrected chi connectivity index (χ2v) is 6.39. The zero-order valence-electron chi connectivity index (χ0n) is 10.5. The SMILES string of the molecule is CCC(CC)(CO)NC(=O)c1cc2sccc2s1. The van der Waals surface area contributed by atoms with Crippen LogP contribution in [0.2, 0.25) is 0 Å². The average Bonchev–Trinajstić information content (AvgIpc) is 2.96. The maximum atomic E-state index is 12.2. The normalized spacial score (nSPS) is 11.9. The van der Waals surface area contributed by atoms with Crippen LogP contribution in [0.25, 0.3) is 9.40 Å². The van der Waals surface area contributed by atoms with E-state index >= 15 is 0 Å². The lowest BCUT2D eigenvalue weighted by Crippen LogP contribution is -2.50. The minimum Gasteiger partial charge on any atom is -0.394 e. The van der Waals surface area contributed by atoms with Crippen LogP contribution >= 0.6 is 22.7 Å². The highest BCUT2D eigenvalue weighted by Gasteiger charge is 2.28. The number of thiophene rings is 2. The number of carbonyl (C=O) groups excluding carboxylic acids is 1. The summed E-state index contributed by atoms with van der Waals surface area (Å²) in [6, 6.07) is 3.95. The van der Waals surface area contributed by atoms with E-state index in [-0.39, 0.29) is 12.5 Å². The van der Waals surface area contributed by atoms with Gasteiger partial charge in [0.05, 0.1) is 17.0 Å². The van der Waals surface area contributed by atoms with Crippen molar-refractivity contribution in [3.05, 3.63) is 22.4 Å². The van der Waals surface area contributed by atoms with E-state index in [0.717, 1.165) is 27.1 Å². The fourth-order valence-corrected chi connectivity index (χ4v) is 3.87. The third kappa shape index (κ3) is 2.43. The van der Waals surface area contributed by atoms with E-state index in [9.17, 15) is 9.90 Å². The highest BCUT2D eigenvalue weighted by Crippen LogP contribution is 2.30. The zero-order valence-corrected chi connectivity index (χ0v) is 12.2. The van der Waals surface area contributed by atoms with Crippen LogP contribution in [0.15, 0.2) is 17.5 Å². The number of fused-ring (bicyclic) bond motifs is 1. The largest absolute Gasteiger partial charge is 0.394 e. The second kappa shape index (κ2) is 5.38. The molecule has 3 nitrogen and oxygen atoms in total. The summed E-state index contributed by atoms with van der Waals surface area (Å²) in [5.74, 6) is -0.0823. The first-order valence-electron chi connectivity index (χ1n) is 6.04. The zero-order chi connectivity index (χ0) is 13.2. The topological polar surface area (TPSA) is 49.3 Å². The molecule has 0 radical (unpaired) electrons. The molecule has 0 atom stereocenters. The molecule has 0 aromatic carbocycles. The summed E-state index contributed by atoms with van der Waals surface area (Å²) in [5.41, 5.74) is -0.492. The van der Waals surface area contributed by atoms with E-state index in [1.54, 1.807) is 11.3 Å². The van der Waals surface area contributed by atoms with Crippen molar-refractivity contribution >= 4 is 38.0 Å². The molecule has 2 aromatic heterocycles. The Morgan fingerprint density at radius 1 is 1.39 bits per heavy atom. The third-order valence-electron chi connectivity index (χ3n) is 3.40. The van der Waals surface area contributed by atoms with Crippen molar-refractivity contribution in [3.8, 4) is 0 Å². The first-order chi connectivity index (χ1) is 8.64. The van der Waals surface area contributed by atoms with Gasteiger partial charge >= 0.3 is 0 Å². The Morgan fingerprint density at radius 2 is 2.11 bits per heavy atom. The Morgan fingerprint density at radius 3 is 2.67 bits per heavy atom. The number of nitrogens with one attached hydrogen (secondary N) is 1. The molecule has 0 aliphatic carbocycles. The molecule has 0 aliphatic heterocycles. The van der Waals surface area contributed by atoms with Gasteiger partial charge in [-0.3, -0.25) is 4.79 Å². The maximum absolute atomic E-state index is 12.2. The van der Waals surface area contributed by atoms with Crippen molar-refractivity contribution in [2.75, 3.05) is 6.61 Å². The number of rotatable bonds is 5. The van der Waals surface area contributed by atoms with Crippen LogP contribution in [0, 0.1) is 0 Å². The Balaban J connectivity index is 2.19. The third-order valence-corrected chi connectivity index (χ3v) is 5.49. The summed E-state index contributed by atoms with van der Waals surface area (Å²) in [6.07, 6.45) is 1.46. The lowest BCUT2D eigenvalue weighted by molar-refractivity contribution is 0.0822. The fourth-order valence-electron chi connectivity index (χ4n) is 1.87. The lowest BCUT2D eigenvalue weighted by atomic mass is 9.94. The number of carbonyl (C=O) groups is 1. The smallest absolute Gasteiger partial charge is 0.261 e. The van der Waals surface area contributed by atoms with Crippen LogP contribution in [-0.4, -0.2) is 23.2 Å². The molecule has 2 N–H and O–H groups in total. The van der Waals surface area contributed by atoms with Crippen molar-refractivity contribution < 1.29 is 9.90 Å². The first-order valence-corrected chi connectivity index (χ1v) is 7.74. The quantitative estimate of drug-likeness (QED) is 0.885. The molecule has 98 valence electrons. The minimum atomic E-state index is -0.492. The van der Waals surface area contributed by atoms with Crippen molar-refractivity contribution in [2.45, 2.75) is 32.2 Å². The van der Waals surface area contributed by atoms with E-state index < -0.39 is 5.54 Å². The molecule has 1 amide bonds. The lowest BCUT2D eigenvalue weighted by Gasteiger charge is -2.30. The first kappa shape index (κ1) is 13.5.